The van der Waals surface area contributed by atoms with Crippen molar-refractivity contribution in [2.75, 3.05) is 32.2 Å². The molecule has 102 valence electrons. The van der Waals surface area contributed by atoms with Crippen LogP contribution in [-0.2, 0) is 4.74 Å². The van der Waals surface area contributed by atoms with Crippen LogP contribution in [0.2, 0.25) is 0 Å². The summed E-state index contributed by atoms with van der Waals surface area (Å²) in [5.41, 5.74) is 1.46. The van der Waals surface area contributed by atoms with Crippen LogP contribution in [0.15, 0.2) is 18.2 Å². The van der Waals surface area contributed by atoms with E-state index in [-0.39, 0.29) is 0 Å². The van der Waals surface area contributed by atoms with Crippen LogP contribution in [0, 0.1) is 17.2 Å². The van der Waals surface area contributed by atoms with Gasteiger partial charge >= 0.3 is 0 Å². The molecule has 4 heteroatoms. The summed E-state index contributed by atoms with van der Waals surface area (Å²) in [6.07, 6.45) is 3.59. The summed E-state index contributed by atoms with van der Waals surface area (Å²) >= 11 is 0. The molecular formula is C15H20N2O2. The first-order valence-corrected chi connectivity index (χ1v) is 6.73. The molecule has 1 N–H and O–H groups in total. The summed E-state index contributed by atoms with van der Waals surface area (Å²) in [6.45, 7) is 2.48. The fourth-order valence-corrected chi connectivity index (χ4v) is 1.83. The fraction of sp³-hybridized carbons (Fsp3) is 0.533. The van der Waals surface area contributed by atoms with Crippen molar-refractivity contribution in [2.45, 2.75) is 19.3 Å². The number of benzene rings is 1. The zero-order valence-electron chi connectivity index (χ0n) is 11.3. The SMILES string of the molecule is COc1ccc(C#N)c(NCCCOCC2CC2)c1. The minimum absolute atomic E-state index is 0.639. The number of hydrogen-bond acceptors (Lipinski definition) is 4. The Morgan fingerprint density at radius 2 is 2.26 bits per heavy atom. The maximum Gasteiger partial charge on any atom is 0.121 e. The first-order chi connectivity index (χ1) is 9.33. The lowest BCUT2D eigenvalue weighted by molar-refractivity contribution is 0.124. The number of hydrogen-bond donors (Lipinski definition) is 1. The van der Waals surface area contributed by atoms with Gasteiger partial charge in [-0.25, -0.2) is 0 Å². The van der Waals surface area contributed by atoms with E-state index < -0.39 is 0 Å². The monoisotopic (exact) mass is 260 g/mol. The van der Waals surface area contributed by atoms with Crippen molar-refractivity contribution in [3.8, 4) is 11.8 Å². The molecule has 0 amide bonds. The molecule has 19 heavy (non-hydrogen) atoms. The largest absolute Gasteiger partial charge is 0.497 e. The van der Waals surface area contributed by atoms with Crippen molar-refractivity contribution in [1.29, 1.82) is 5.26 Å². The van der Waals surface area contributed by atoms with Crippen molar-refractivity contribution >= 4 is 5.69 Å². The highest BCUT2D eigenvalue weighted by molar-refractivity contribution is 5.60. The lowest BCUT2D eigenvalue weighted by Gasteiger charge is -2.10. The molecule has 0 saturated heterocycles. The van der Waals surface area contributed by atoms with Gasteiger partial charge in [-0.3, -0.25) is 0 Å². The normalized spacial score (nSPS) is 13.9. The van der Waals surface area contributed by atoms with Gasteiger partial charge in [-0.2, -0.15) is 5.26 Å². The molecule has 0 heterocycles. The number of methoxy groups -OCH3 is 1. The summed E-state index contributed by atoms with van der Waals surface area (Å²) in [5, 5.41) is 12.3. The second-order valence-electron chi connectivity index (χ2n) is 4.82. The number of anilines is 1. The van der Waals surface area contributed by atoms with Crippen molar-refractivity contribution in [2.24, 2.45) is 5.92 Å². The standard InChI is InChI=1S/C15H20N2O2/c1-18-14-6-5-13(10-16)15(9-14)17-7-2-8-19-11-12-3-4-12/h5-6,9,12,17H,2-4,7-8,11H2,1H3. The summed E-state index contributed by atoms with van der Waals surface area (Å²) in [4.78, 5) is 0. The molecule has 1 fully saturated rings. The molecule has 1 aliphatic carbocycles. The van der Waals surface area contributed by atoms with E-state index in [1.807, 2.05) is 6.07 Å². The van der Waals surface area contributed by atoms with Gasteiger partial charge in [0.2, 0.25) is 0 Å². The van der Waals surface area contributed by atoms with Crippen LogP contribution in [0.4, 0.5) is 5.69 Å². The maximum atomic E-state index is 9.04. The molecule has 1 aromatic rings. The molecule has 1 aromatic carbocycles. The average molecular weight is 260 g/mol. The van der Waals surface area contributed by atoms with Crippen LogP contribution in [0.25, 0.3) is 0 Å². The molecule has 0 aliphatic heterocycles. The van der Waals surface area contributed by atoms with Gasteiger partial charge in [-0.1, -0.05) is 0 Å². The van der Waals surface area contributed by atoms with Crippen molar-refractivity contribution in [3.63, 3.8) is 0 Å². The Kier molecular flexibility index (Phi) is 5.05. The first kappa shape index (κ1) is 13.7. The van der Waals surface area contributed by atoms with Gasteiger partial charge < -0.3 is 14.8 Å². The molecule has 4 nitrogen and oxygen atoms in total. The number of nitrogens with zero attached hydrogens (tertiary/aromatic N) is 1. The maximum absolute atomic E-state index is 9.04. The number of rotatable bonds is 8. The summed E-state index contributed by atoms with van der Waals surface area (Å²) in [5.74, 6) is 1.57. The lowest BCUT2D eigenvalue weighted by atomic mass is 10.2. The van der Waals surface area contributed by atoms with Crippen LogP contribution >= 0.6 is 0 Å². The molecule has 0 unspecified atom stereocenters. The lowest BCUT2D eigenvalue weighted by Crippen LogP contribution is -2.08. The smallest absolute Gasteiger partial charge is 0.121 e. The van der Waals surface area contributed by atoms with Gasteiger partial charge in [0.1, 0.15) is 11.8 Å². The van der Waals surface area contributed by atoms with E-state index in [0.29, 0.717) is 5.56 Å². The van der Waals surface area contributed by atoms with Crippen molar-refractivity contribution in [1.82, 2.24) is 0 Å². The molecular weight excluding hydrogens is 240 g/mol. The fourth-order valence-electron chi connectivity index (χ4n) is 1.83. The van der Waals surface area contributed by atoms with Crippen LogP contribution in [0.1, 0.15) is 24.8 Å². The molecule has 1 saturated carbocycles. The Hall–Kier alpha value is -1.73. The molecule has 0 atom stereocenters. The second-order valence-corrected chi connectivity index (χ2v) is 4.82. The minimum atomic E-state index is 0.639. The number of nitrogens with one attached hydrogen (secondary N) is 1. The van der Waals surface area contributed by atoms with E-state index in [1.165, 1.54) is 12.8 Å². The molecule has 0 radical (unpaired) electrons. The van der Waals surface area contributed by atoms with Crippen LogP contribution in [-0.4, -0.2) is 26.9 Å². The highest BCUT2D eigenvalue weighted by atomic mass is 16.5. The zero-order valence-corrected chi connectivity index (χ0v) is 11.3. The Bertz CT molecular complexity index is 450. The van der Waals surface area contributed by atoms with E-state index in [0.717, 1.165) is 43.5 Å². The van der Waals surface area contributed by atoms with E-state index in [9.17, 15) is 0 Å². The third kappa shape index (κ3) is 4.46. The van der Waals surface area contributed by atoms with Crippen molar-refractivity contribution < 1.29 is 9.47 Å². The molecule has 0 bridgehead atoms. The average Bonchev–Trinajstić information content (AvgIpc) is 3.26. The molecule has 0 spiro atoms. The minimum Gasteiger partial charge on any atom is -0.497 e. The molecule has 0 aromatic heterocycles. The number of ether oxygens (including phenoxy) is 2. The Labute approximate surface area is 114 Å². The van der Waals surface area contributed by atoms with Gasteiger partial charge in [0.05, 0.1) is 18.4 Å². The number of nitriles is 1. The predicted octanol–water partition coefficient (Wildman–Crippen LogP) is 2.80. The van der Waals surface area contributed by atoms with Gasteiger partial charge in [0.15, 0.2) is 0 Å². The highest BCUT2D eigenvalue weighted by Gasteiger charge is 2.20. The highest BCUT2D eigenvalue weighted by Crippen LogP contribution is 2.28. The quantitative estimate of drug-likeness (QED) is 0.730. The summed E-state index contributed by atoms with van der Waals surface area (Å²) < 4.78 is 10.7. The third-order valence-electron chi connectivity index (χ3n) is 3.18. The van der Waals surface area contributed by atoms with E-state index >= 15 is 0 Å². The molecule has 1 aliphatic rings. The zero-order chi connectivity index (χ0) is 13.5. The van der Waals surface area contributed by atoms with Crippen LogP contribution < -0.4 is 10.1 Å². The summed E-state index contributed by atoms with van der Waals surface area (Å²) in [6, 6.07) is 7.59. The van der Waals surface area contributed by atoms with Gasteiger partial charge in [0, 0.05) is 25.8 Å². The topological polar surface area (TPSA) is 54.3 Å². The predicted molar refractivity (Wildman–Crippen MR) is 74.4 cm³/mol. The molecule has 2 rings (SSSR count). The van der Waals surface area contributed by atoms with E-state index in [1.54, 1.807) is 19.2 Å². The van der Waals surface area contributed by atoms with Crippen molar-refractivity contribution in [3.05, 3.63) is 23.8 Å². The first-order valence-electron chi connectivity index (χ1n) is 6.73. The Morgan fingerprint density at radius 1 is 1.42 bits per heavy atom. The van der Waals surface area contributed by atoms with Gasteiger partial charge in [0.25, 0.3) is 0 Å². The van der Waals surface area contributed by atoms with Crippen LogP contribution in [0.5, 0.6) is 5.75 Å². The van der Waals surface area contributed by atoms with E-state index in [4.69, 9.17) is 14.7 Å². The van der Waals surface area contributed by atoms with Crippen LogP contribution in [0.3, 0.4) is 0 Å². The Balaban J connectivity index is 1.72. The van der Waals surface area contributed by atoms with Gasteiger partial charge in [-0.15, -0.1) is 0 Å². The Morgan fingerprint density at radius 3 is 2.95 bits per heavy atom. The van der Waals surface area contributed by atoms with Gasteiger partial charge in [-0.05, 0) is 37.3 Å². The second kappa shape index (κ2) is 7.01. The summed E-state index contributed by atoms with van der Waals surface area (Å²) in [7, 11) is 1.62. The third-order valence-corrected chi connectivity index (χ3v) is 3.18. The van der Waals surface area contributed by atoms with E-state index in [2.05, 4.69) is 11.4 Å².